The summed E-state index contributed by atoms with van der Waals surface area (Å²) in [7, 11) is 0. The van der Waals surface area contributed by atoms with Crippen LogP contribution in [0.5, 0.6) is 0 Å². The van der Waals surface area contributed by atoms with E-state index in [1.54, 1.807) is 29.9 Å². The minimum atomic E-state index is 0.713. The number of hydrogen-bond acceptors (Lipinski definition) is 5. The maximum absolute atomic E-state index is 4.70. The van der Waals surface area contributed by atoms with Crippen molar-refractivity contribution < 1.29 is 0 Å². The van der Waals surface area contributed by atoms with Crippen molar-refractivity contribution >= 4 is 22.8 Å². The van der Waals surface area contributed by atoms with Gasteiger partial charge in [-0.3, -0.25) is 4.98 Å². The normalized spacial score (nSPS) is 11.0. The minimum absolute atomic E-state index is 0.713. The van der Waals surface area contributed by atoms with Gasteiger partial charge >= 0.3 is 0 Å². The first-order chi connectivity index (χ1) is 11.3. The number of rotatable bonds is 4. The first-order valence-electron chi connectivity index (χ1n) is 7.33. The van der Waals surface area contributed by atoms with Crippen molar-refractivity contribution in [1.82, 2.24) is 19.6 Å². The Morgan fingerprint density at radius 2 is 2.00 bits per heavy atom. The van der Waals surface area contributed by atoms with E-state index in [-0.39, 0.29) is 0 Å². The molecule has 0 saturated carbocycles. The van der Waals surface area contributed by atoms with Gasteiger partial charge in [-0.1, -0.05) is 0 Å². The van der Waals surface area contributed by atoms with Crippen LogP contribution in [-0.4, -0.2) is 19.6 Å². The lowest BCUT2D eigenvalue weighted by Crippen LogP contribution is -2.06. The molecule has 0 atom stereocenters. The second-order valence-electron chi connectivity index (χ2n) is 5.33. The SMILES string of the molecule is Cc1csc(-c2cc(NCc3ccncc3)n3nccc3n2)c1. The first-order valence-corrected chi connectivity index (χ1v) is 8.21. The minimum Gasteiger partial charge on any atom is -0.366 e. The lowest BCUT2D eigenvalue weighted by molar-refractivity contribution is 0.926. The van der Waals surface area contributed by atoms with Crippen LogP contribution in [0.4, 0.5) is 5.82 Å². The number of aromatic nitrogens is 4. The Balaban J connectivity index is 1.71. The smallest absolute Gasteiger partial charge is 0.158 e. The van der Waals surface area contributed by atoms with E-state index in [4.69, 9.17) is 4.98 Å². The topological polar surface area (TPSA) is 55.1 Å². The van der Waals surface area contributed by atoms with E-state index < -0.39 is 0 Å². The fraction of sp³-hybridized carbons (Fsp3) is 0.118. The molecule has 0 saturated heterocycles. The van der Waals surface area contributed by atoms with Gasteiger partial charge in [-0.25, -0.2) is 4.98 Å². The average Bonchev–Trinajstić information content (AvgIpc) is 3.22. The van der Waals surface area contributed by atoms with Gasteiger partial charge < -0.3 is 5.32 Å². The molecule has 4 aromatic rings. The number of fused-ring (bicyclic) bond motifs is 1. The summed E-state index contributed by atoms with van der Waals surface area (Å²) < 4.78 is 1.82. The van der Waals surface area contributed by atoms with Crippen LogP contribution in [0.2, 0.25) is 0 Å². The second kappa shape index (κ2) is 5.81. The predicted molar refractivity (Wildman–Crippen MR) is 92.6 cm³/mol. The monoisotopic (exact) mass is 321 g/mol. The average molecular weight is 321 g/mol. The molecule has 0 aliphatic rings. The number of thiophene rings is 1. The van der Waals surface area contributed by atoms with Crippen LogP contribution in [0.3, 0.4) is 0 Å². The van der Waals surface area contributed by atoms with E-state index in [0.29, 0.717) is 6.54 Å². The second-order valence-corrected chi connectivity index (χ2v) is 6.24. The quantitative estimate of drug-likeness (QED) is 0.621. The zero-order valence-corrected chi connectivity index (χ0v) is 13.4. The Kier molecular flexibility index (Phi) is 3.51. The summed E-state index contributed by atoms with van der Waals surface area (Å²) >= 11 is 1.71. The number of hydrogen-bond donors (Lipinski definition) is 1. The predicted octanol–water partition coefficient (Wildman–Crippen LogP) is 3.77. The number of pyridine rings is 1. The van der Waals surface area contributed by atoms with Crippen molar-refractivity contribution in [3.05, 3.63) is 65.4 Å². The molecule has 4 aromatic heterocycles. The maximum Gasteiger partial charge on any atom is 0.158 e. The van der Waals surface area contributed by atoms with Gasteiger partial charge in [0.1, 0.15) is 5.82 Å². The molecule has 0 fully saturated rings. The molecule has 1 N–H and O–H groups in total. The van der Waals surface area contributed by atoms with Crippen LogP contribution in [0, 0.1) is 6.92 Å². The fourth-order valence-corrected chi connectivity index (χ4v) is 3.28. The third-order valence-electron chi connectivity index (χ3n) is 3.57. The number of nitrogens with zero attached hydrogens (tertiary/aromatic N) is 4. The summed E-state index contributed by atoms with van der Waals surface area (Å²) in [5.41, 5.74) is 4.23. The van der Waals surface area contributed by atoms with Gasteiger partial charge in [-0.15, -0.1) is 11.3 Å². The highest BCUT2D eigenvalue weighted by molar-refractivity contribution is 7.13. The van der Waals surface area contributed by atoms with Gasteiger partial charge in [0, 0.05) is 31.1 Å². The van der Waals surface area contributed by atoms with Gasteiger partial charge in [0.25, 0.3) is 0 Å². The Morgan fingerprint density at radius 3 is 2.78 bits per heavy atom. The molecule has 0 bridgehead atoms. The largest absolute Gasteiger partial charge is 0.366 e. The van der Waals surface area contributed by atoms with Gasteiger partial charge in [0.05, 0.1) is 16.8 Å². The maximum atomic E-state index is 4.70. The fourth-order valence-electron chi connectivity index (χ4n) is 2.42. The molecule has 0 aliphatic heterocycles. The zero-order chi connectivity index (χ0) is 15.6. The summed E-state index contributed by atoms with van der Waals surface area (Å²) in [6.45, 7) is 2.81. The van der Waals surface area contributed by atoms with Crippen molar-refractivity contribution in [2.24, 2.45) is 0 Å². The molecule has 0 amide bonds. The highest BCUT2D eigenvalue weighted by Crippen LogP contribution is 2.28. The van der Waals surface area contributed by atoms with E-state index in [1.807, 2.05) is 28.8 Å². The molecule has 4 heterocycles. The molecule has 5 nitrogen and oxygen atoms in total. The van der Waals surface area contributed by atoms with Crippen molar-refractivity contribution in [1.29, 1.82) is 0 Å². The third-order valence-corrected chi connectivity index (χ3v) is 4.64. The lowest BCUT2D eigenvalue weighted by atomic mass is 10.2. The molecule has 0 unspecified atom stereocenters. The number of anilines is 1. The van der Waals surface area contributed by atoms with E-state index in [2.05, 4.69) is 33.8 Å². The van der Waals surface area contributed by atoms with Crippen LogP contribution in [0.15, 0.2) is 54.3 Å². The van der Waals surface area contributed by atoms with Crippen LogP contribution >= 0.6 is 11.3 Å². The zero-order valence-electron chi connectivity index (χ0n) is 12.6. The molecule has 0 aromatic carbocycles. The van der Waals surface area contributed by atoms with E-state index in [9.17, 15) is 0 Å². The van der Waals surface area contributed by atoms with E-state index in [1.165, 1.54) is 11.1 Å². The number of aryl methyl sites for hydroxylation is 1. The molecule has 114 valence electrons. The highest BCUT2D eigenvalue weighted by atomic mass is 32.1. The van der Waals surface area contributed by atoms with Crippen molar-refractivity contribution in [3.63, 3.8) is 0 Å². The number of nitrogens with one attached hydrogen (secondary N) is 1. The molecule has 23 heavy (non-hydrogen) atoms. The van der Waals surface area contributed by atoms with Crippen molar-refractivity contribution in [3.8, 4) is 10.6 Å². The lowest BCUT2D eigenvalue weighted by Gasteiger charge is -2.10. The van der Waals surface area contributed by atoms with Gasteiger partial charge in [-0.2, -0.15) is 9.61 Å². The standard InChI is InChI=1S/C17H15N5S/c1-12-8-15(23-11-12)14-9-17(22-16(21-14)4-7-20-22)19-10-13-2-5-18-6-3-13/h2-9,11,19H,10H2,1H3. The summed E-state index contributed by atoms with van der Waals surface area (Å²) in [6, 6.07) is 10.1. The van der Waals surface area contributed by atoms with Crippen LogP contribution < -0.4 is 5.32 Å². The molecule has 6 heteroatoms. The molecule has 0 spiro atoms. The van der Waals surface area contributed by atoms with Gasteiger partial charge in [0.2, 0.25) is 0 Å². The molecular formula is C17H15N5S. The van der Waals surface area contributed by atoms with E-state index in [0.717, 1.165) is 22.0 Å². The molecule has 0 aliphatic carbocycles. The van der Waals surface area contributed by atoms with Crippen LogP contribution in [0.25, 0.3) is 16.2 Å². The van der Waals surface area contributed by atoms with Gasteiger partial charge in [-0.05, 0) is 41.6 Å². The van der Waals surface area contributed by atoms with Crippen molar-refractivity contribution in [2.45, 2.75) is 13.5 Å². The Hall–Kier alpha value is -2.73. The van der Waals surface area contributed by atoms with Gasteiger partial charge in [0.15, 0.2) is 5.65 Å². The Labute approximate surface area is 137 Å². The Bertz CT molecular complexity index is 942. The summed E-state index contributed by atoms with van der Waals surface area (Å²) in [6.07, 6.45) is 5.36. The third kappa shape index (κ3) is 2.80. The van der Waals surface area contributed by atoms with Crippen molar-refractivity contribution in [2.75, 3.05) is 5.32 Å². The molecule has 4 rings (SSSR count). The van der Waals surface area contributed by atoms with Crippen LogP contribution in [0.1, 0.15) is 11.1 Å². The first kappa shape index (κ1) is 13.9. The highest BCUT2D eigenvalue weighted by Gasteiger charge is 2.09. The Morgan fingerprint density at radius 1 is 1.13 bits per heavy atom. The summed E-state index contributed by atoms with van der Waals surface area (Å²) in [5.74, 6) is 0.929. The molecular weight excluding hydrogens is 306 g/mol. The summed E-state index contributed by atoms with van der Waals surface area (Å²) in [5, 5.41) is 9.94. The molecule has 0 radical (unpaired) electrons. The van der Waals surface area contributed by atoms with E-state index >= 15 is 0 Å². The van der Waals surface area contributed by atoms with Crippen LogP contribution in [-0.2, 0) is 6.54 Å². The summed E-state index contributed by atoms with van der Waals surface area (Å²) in [4.78, 5) is 9.90.